The molecule has 0 unspecified atom stereocenters. The number of imidazole rings is 1. The molecule has 0 saturated heterocycles. The van der Waals surface area contributed by atoms with Crippen molar-refractivity contribution in [1.82, 2.24) is 24.3 Å². The number of rotatable bonds is 5. The second-order valence-electron chi connectivity index (χ2n) is 12.8. The fourth-order valence-electron chi connectivity index (χ4n) is 6.31. The standard InChI is InChI=1S/C40H32N6O.Pt/c1-25-12-10-13-26(2)36(25)45(28-15-11-14-27(20-28)33-16-6-8-18-41-33)29-21-30-32-23-43-39-44-24-35(40(3,4)5)46(39)38(32)47-37(30)31(22-29)34-17-7-9-19-42-34;/h6-19,21,23-24H,1-5H3;/q-2;+2. The van der Waals surface area contributed by atoms with Crippen molar-refractivity contribution in [3.63, 3.8) is 0 Å². The van der Waals surface area contributed by atoms with Gasteiger partial charge in [-0.05, 0) is 59.9 Å². The smallest absolute Gasteiger partial charge is 0.487 e. The summed E-state index contributed by atoms with van der Waals surface area (Å²) in [7, 11) is 0. The van der Waals surface area contributed by atoms with Crippen molar-refractivity contribution in [3.8, 4) is 22.5 Å². The number of furan rings is 1. The molecule has 0 atom stereocenters. The molecule has 0 aliphatic heterocycles. The molecule has 0 N–H and O–H groups in total. The maximum atomic E-state index is 6.79. The Labute approximate surface area is 293 Å². The first kappa shape index (κ1) is 31.5. The van der Waals surface area contributed by atoms with Crippen molar-refractivity contribution in [2.24, 2.45) is 0 Å². The van der Waals surface area contributed by atoms with Crippen molar-refractivity contribution in [3.05, 3.63) is 133 Å². The Hall–Kier alpha value is -5.13. The Morgan fingerprint density at radius 3 is 2.08 bits per heavy atom. The Morgan fingerprint density at radius 1 is 0.708 bits per heavy atom. The summed E-state index contributed by atoms with van der Waals surface area (Å²) in [5.74, 6) is 0.600. The molecular formula is C40H32N6OPt. The molecule has 0 radical (unpaired) electrons. The molecule has 0 fully saturated rings. The summed E-state index contributed by atoms with van der Waals surface area (Å²) in [5.41, 5.74) is 10.5. The van der Waals surface area contributed by atoms with E-state index in [0.29, 0.717) is 17.1 Å². The van der Waals surface area contributed by atoms with Crippen LogP contribution in [0.25, 0.3) is 50.4 Å². The zero-order valence-corrected chi connectivity index (χ0v) is 29.5. The molecule has 0 saturated carbocycles. The van der Waals surface area contributed by atoms with Gasteiger partial charge in [-0.15, -0.1) is 42.0 Å². The van der Waals surface area contributed by atoms with Gasteiger partial charge in [0.15, 0.2) is 0 Å². The van der Waals surface area contributed by atoms with Crippen molar-refractivity contribution in [1.29, 1.82) is 0 Å². The molecule has 8 aromatic rings. The molecule has 48 heavy (non-hydrogen) atoms. The van der Waals surface area contributed by atoms with Crippen LogP contribution in [0.1, 0.15) is 37.6 Å². The van der Waals surface area contributed by atoms with E-state index < -0.39 is 0 Å². The average molecular weight is 808 g/mol. The number of hydrogen-bond donors (Lipinski definition) is 0. The van der Waals surface area contributed by atoms with Crippen LogP contribution in [0, 0.1) is 26.0 Å². The van der Waals surface area contributed by atoms with Gasteiger partial charge in [-0.3, -0.25) is 4.40 Å². The van der Waals surface area contributed by atoms with Crippen LogP contribution < -0.4 is 4.90 Å². The SMILES string of the molecule is Cc1cccc(C)c1N(c1[c-]c(-c2ccccn2)ccc1)c1[c-]c(-c2ccccn2)c2oc3c(cnc4ncc(C(C)(C)C)n43)c2c1.[Pt+2]. The number of benzene rings is 3. The van der Waals surface area contributed by atoms with E-state index in [2.05, 4.69) is 98.0 Å². The fraction of sp³-hybridized carbons (Fsp3) is 0.150. The van der Waals surface area contributed by atoms with Gasteiger partial charge in [-0.25, -0.2) is 9.97 Å². The average Bonchev–Trinajstić information content (AvgIpc) is 3.69. The molecular weight excluding hydrogens is 776 g/mol. The van der Waals surface area contributed by atoms with Crippen LogP contribution in [0.5, 0.6) is 0 Å². The zero-order valence-electron chi connectivity index (χ0n) is 27.2. The van der Waals surface area contributed by atoms with Crippen molar-refractivity contribution < 1.29 is 25.5 Å². The second-order valence-corrected chi connectivity index (χ2v) is 12.8. The molecule has 0 spiro atoms. The monoisotopic (exact) mass is 807 g/mol. The fourth-order valence-corrected chi connectivity index (χ4v) is 6.31. The topological polar surface area (TPSA) is 72.3 Å². The Morgan fingerprint density at radius 2 is 1.40 bits per heavy atom. The number of aryl methyl sites for hydroxylation is 2. The van der Waals surface area contributed by atoms with Gasteiger partial charge in [0.1, 0.15) is 0 Å². The number of hydrogen-bond acceptors (Lipinski definition) is 6. The first-order valence-corrected chi connectivity index (χ1v) is 15.6. The summed E-state index contributed by atoms with van der Waals surface area (Å²) in [4.78, 5) is 21.0. The summed E-state index contributed by atoms with van der Waals surface area (Å²) < 4.78 is 8.83. The molecule has 0 aliphatic rings. The maximum Gasteiger partial charge on any atom is 2.00 e. The third-order valence-corrected chi connectivity index (χ3v) is 8.54. The molecule has 0 amide bonds. The minimum Gasteiger partial charge on any atom is -0.487 e. The molecule has 0 aliphatic carbocycles. The van der Waals surface area contributed by atoms with E-state index in [1.165, 1.54) is 0 Å². The largest absolute Gasteiger partial charge is 2.00 e. The second kappa shape index (κ2) is 12.1. The van der Waals surface area contributed by atoms with Gasteiger partial charge in [-0.2, -0.15) is 0 Å². The first-order chi connectivity index (χ1) is 22.8. The normalized spacial score (nSPS) is 11.7. The minimum atomic E-state index is -0.178. The molecule has 8 heteroatoms. The van der Waals surface area contributed by atoms with E-state index >= 15 is 0 Å². The van der Waals surface area contributed by atoms with Crippen LogP contribution in [-0.2, 0) is 26.5 Å². The van der Waals surface area contributed by atoms with Crippen LogP contribution in [0.15, 0.2) is 108 Å². The Kier molecular flexibility index (Phi) is 7.96. The molecule has 5 aromatic heterocycles. The quantitative estimate of drug-likeness (QED) is 0.161. The third kappa shape index (κ3) is 5.28. The molecule has 8 rings (SSSR count). The molecule has 5 heterocycles. The number of fused-ring (bicyclic) bond motifs is 5. The van der Waals surface area contributed by atoms with E-state index in [9.17, 15) is 0 Å². The van der Waals surface area contributed by atoms with Gasteiger partial charge in [0.2, 0.25) is 11.5 Å². The molecule has 238 valence electrons. The van der Waals surface area contributed by atoms with Gasteiger partial charge < -0.3 is 19.3 Å². The number of para-hydroxylation sites is 1. The predicted octanol–water partition coefficient (Wildman–Crippen LogP) is 9.73. The van der Waals surface area contributed by atoms with E-state index in [1.807, 2.05) is 59.3 Å². The summed E-state index contributed by atoms with van der Waals surface area (Å²) in [6, 6.07) is 33.9. The molecule has 7 nitrogen and oxygen atoms in total. The molecule has 3 aromatic carbocycles. The van der Waals surface area contributed by atoms with Crippen molar-refractivity contribution in [2.75, 3.05) is 4.90 Å². The van der Waals surface area contributed by atoms with E-state index in [4.69, 9.17) is 14.4 Å². The van der Waals surface area contributed by atoms with Gasteiger partial charge >= 0.3 is 21.1 Å². The predicted molar refractivity (Wildman–Crippen MR) is 187 cm³/mol. The van der Waals surface area contributed by atoms with Gasteiger partial charge in [0.25, 0.3) is 0 Å². The number of aromatic nitrogens is 5. The molecule has 0 bridgehead atoms. The van der Waals surface area contributed by atoms with Crippen LogP contribution in [0.4, 0.5) is 17.1 Å². The van der Waals surface area contributed by atoms with Crippen LogP contribution in [-0.4, -0.2) is 24.3 Å². The van der Waals surface area contributed by atoms with Crippen LogP contribution >= 0.6 is 0 Å². The van der Waals surface area contributed by atoms with Crippen LogP contribution in [0.3, 0.4) is 0 Å². The summed E-state index contributed by atoms with van der Waals surface area (Å²) >= 11 is 0. The Bertz CT molecular complexity index is 2410. The van der Waals surface area contributed by atoms with Gasteiger partial charge in [0, 0.05) is 35.1 Å². The Balaban J connectivity index is 0.00000364. The van der Waals surface area contributed by atoms with Gasteiger partial charge in [0.05, 0.1) is 17.5 Å². The number of nitrogens with zero attached hydrogens (tertiary/aromatic N) is 6. The summed E-state index contributed by atoms with van der Waals surface area (Å²) in [6.07, 6.45) is 7.35. The summed E-state index contributed by atoms with van der Waals surface area (Å²) in [5, 5.41) is 1.80. The first-order valence-electron chi connectivity index (χ1n) is 15.6. The van der Waals surface area contributed by atoms with E-state index in [-0.39, 0.29) is 26.5 Å². The summed E-state index contributed by atoms with van der Waals surface area (Å²) in [6.45, 7) is 10.8. The number of anilines is 3. The van der Waals surface area contributed by atoms with Crippen molar-refractivity contribution in [2.45, 2.75) is 40.0 Å². The van der Waals surface area contributed by atoms with Crippen LogP contribution in [0.2, 0.25) is 0 Å². The number of pyridine rings is 2. The zero-order chi connectivity index (χ0) is 32.3. The van der Waals surface area contributed by atoms with Gasteiger partial charge in [-0.1, -0.05) is 74.2 Å². The van der Waals surface area contributed by atoms with E-state index in [1.54, 1.807) is 12.4 Å². The van der Waals surface area contributed by atoms with Crippen molar-refractivity contribution >= 4 is 44.9 Å². The maximum absolute atomic E-state index is 6.79. The third-order valence-electron chi connectivity index (χ3n) is 8.54. The van der Waals surface area contributed by atoms with E-state index in [0.717, 1.165) is 67.2 Å². The minimum absolute atomic E-state index is 0.